The molecule has 0 aliphatic carbocycles. The van der Waals surface area contributed by atoms with Gasteiger partial charge in [-0.3, -0.25) is 4.90 Å². The second-order valence-electron chi connectivity index (χ2n) is 4.87. The standard InChI is InChI=1S/C13H21NO4/c1-5-14(9-13(2,3)16)8-10-6-7-11(18-10)12(15)17-4/h6-7,16H,5,8-9H2,1-4H3. The molecule has 0 unspecified atom stereocenters. The average Bonchev–Trinajstić information content (AvgIpc) is 2.73. The highest BCUT2D eigenvalue weighted by molar-refractivity contribution is 5.86. The number of hydrogen-bond acceptors (Lipinski definition) is 5. The molecule has 0 bridgehead atoms. The smallest absolute Gasteiger partial charge is 0.373 e. The third-order valence-corrected chi connectivity index (χ3v) is 2.49. The van der Waals surface area contributed by atoms with Crippen LogP contribution in [0, 0.1) is 0 Å². The Balaban J connectivity index is 2.65. The fourth-order valence-corrected chi connectivity index (χ4v) is 1.72. The van der Waals surface area contributed by atoms with Gasteiger partial charge in [0.1, 0.15) is 5.76 Å². The minimum Gasteiger partial charge on any atom is -0.463 e. The first kappa shape index (κ1) is 14.7. The molecule has 1 rings (SSSR count). The van der Waals surface area contributed by atoms with Gasteiger partial charge in [-0.25, -0.2) is 4.79 Å². The maximum absolute atomic E-state index is 11.2. The lowest BCUT2D eigenvalue weighted by Gasteiger charge is -2.27. The zero-order valence-electron chi connectivity index (χ0n) is 11.4. The van der Waals surface area contributed by atoms with Crippen LogP contribution in [-0.4, -0.2) is 41.8 Å². The van der Waals surface area contributed by atoms with Crippen LogP contribution in [0.3, 0.4) is 0 Å². The first-order chi connectivity index (χ1) is 8.35. The van der Waals surface area contributed by atoms with E-state index in [0.717, 1.165) is 6.54 Å². The normalized spacial score (nSPS) is 11.9. The molecule has 1 heterocycles. The molecule has 0 aliphatic rings. The minimum absolute atomic E-state index is 0.201. The van der Waals surface area contributed by atoms with E-state index in [9.17, 15) is 9.90 Å². The van der Waals surface area contributed by atoms with Gasteiger partial charge >= 0.3 is 5.97 Å². The van der Waals surface area contributed by atoms with Crippen molar-refractivity contribution in [2.75, 3.05) is 20.2 Å². The molecule has 102 valence electrons. The van der Waals surface area contributed by atoms with E-state index in [2.05, 4.69) is 4.74 Å². The van der Waals surface area contributed by atoms with Crippen LogP contribution in [0.5, 0.6) is 0 Å². The Labute approximate surface area is 107 Å². The highest BCUT2D eigenvalue weighted by Gasteiger charge is 2.19. The lowest BCUT2D eigenvalue weighted by molar-refractivity contribution is 0.0327. The molecule has 5 nitrogen and oxygen atoms in total. The van der Waals surface area contributed by atoms with Crippen molar-refractivity contribution in [3.8, 4) is 0 Å². The van der Waals surface area contributed by atoms with E-state index in [-0.39, 0.29) is 5.76 Å². The summed E-state index contributed by atoms with van der Waals surface area (Å²) >= 11 is 0. The van der Waals surface area contributed by atoms with Gasteiger partial charge in [0, 0.05) is 6.54 Å². The van der Waals surface area contributed by atoms with Crippen LogP contribution in [0.15, 0.2) is 16.5 Å². The zero-order chi connectivity index (χ0) is 13.8. The summed E-state index contributed by atoms with van der Waals surface area (Å²) in [5.74, 6) is 0.403. The Morgan fingerprint density at radius 1 is 1.50 bits per heavy atom. The van der Waals surface area contributed by atoms with Gasteiger partial charge < -0.3 is 14.3 Å². The van der Waals surface area contributed by atoms with Crippen molar-refractivity contribution < 1.29 is 19.1 Å². The number of ether oxygens (including phenoxy) is 1. The molecule has 0 spiro atoms. The van der Waals surface area contributed by atoms with E-state index in [1.807, 2.05) is 11.8 Å². The summed E-state index contributed by atoms with van der Waals surface area (Å²) in [5.41, 5.74) is -0.756. The lowest BCUT2D eigenvalue weighted by atomic mass is 10.1. The number of aliphatic hydroxyl groups is 1. The molecule has 0 aromatic carbocycles. The second-order valence-corrected chi connectivity index (χ2v) is 4.87. The first-order valence-electron chi connectivity index (χ1n) is 5.97. The molecule has 18 heavy (non-hydrogen) atoms. The number of methoxy groups -OCH3 is 1. The minimum atomic E-state index is -0.756. The third kappa shape index (κ3) is 4.50. The Morgan fingerprint density at radius 3 is 2.67 bits per heavy atom. The van der Waals surface area contributed by atoms with Crippen LogP contribution in [0.4, 0.5) is 0 Å². The van der Waals surface area contributed by atoms with Crippen LogP contribution in [0.25, 0.3) is 0 Å². The monoisotopic (exact) mass is 255 g/mol. The molecule has 0 fully saturated rings. The summed E-state index contributed by atoms with van der Waals surface area (Å²) < 4.78 is 9.96. The van der Waals surface area contributed by atoms with Gasteiger partial charge in [-0.15, -0.1) is 0 Å². The van der Waals surface area contributed by atoms with Crippen molar-refractivity contribution in [1.82, 2.24) is 4.90 Å². The number of furan rings is 1. The molecule has 0 saturated heterocycles. The van der Waals surface area contributed by atoms with Gasteiger partial charge in [-0.2, -0.15) is 0 Å². The third-order valence-electron chi connectivity index (χ3n) is 2.49. The fraction of sp³-hybridized carbons (Fsp3) is 0.615. The quantitative estimate of drug-likeness (QED) is 0.783. The van der Waals surface area contributed by atoms with Crippen molar-refractivity contribution in [3.63, 3.8) is 0 Å². The summed E-state index contributed by atoms with van der Waals surface area (Å²) in [6.45, 7) is 7.42. The number of likely N-dealkylation sites (N-methyl/N-ethyl adjacent to an activating group) is 1. The van der Waals surface area contributed by atoms with Crippen LogP contribution < -0.4 is 0 Å². The Morgan fingerprint density at radius 2 is 2.17 bits per heavy atom. The maximum atomic E-state index is 11.2. The summed E-state index contributed by atoms with van der Waals surface area (Å²) in [4.78, 5) is 13.3. The SMILES string of the molecule is CCN(Cc1ccc(C(=O)OC)o1)CC(C)(C)O. The molecule has 0 aliphatic heterocycles. The van der Waals surface area contributed by atoms with E-state index in [0.29, 0.717) is 18.8 Å². The van der Waals surface area contributed by atoms with Crippen molar-refractivity contribution in [2.45, 2.75) is 32.9 Å². The molecular weight excluding hydrogens is 234 g/mol. The summed E-state index contributed by atoms with van der Waals surface area (Å²) in [6.07, 6.45) is 0. The van der Waals surface area contributed by atoms with Gasteiger partial charge in [-0.05, 0) is 32.5 Å². The lowest BCUT2D eigenvalue weighted by Crippen LogP contribution is -2.38. The van der Waals surface area contributed by atoms with Crippen LogP contribution >= 0.6 is 0 Å². The van der Waals surface area contributed by atoms with Gasteiger partial charge in [-0.1, -0.05) is 6.92 Å². The summed E-state index contributed by atoms with van der Waals surface area (Å²) in [5, 5.41) is 9.78. The molecule has 0 atom stereocenters. The molecule has 0 amide bonds. The number of rotatable bonds is 6. The summed E-state index contributed by atoms with van der Waals surface area (Å²) in [7, 11) is 1.32. The average molecular weight is 255 g/mol. The number of carbonyl (C=O) groups excluding carboxylic acids is 1. The van der Waals surface area contributed by atoms with Crippen molar-refractivity contribution in [3.05, 3.63) is 23.7 Å². The highest BCUT2D eigenvalue weighted by Crippen LogP contribution is 2.13. The van der Waals surface area contributed by atoms with Crippen molar-refractivity contribution in [2.24, 2.45) is 0 Å². The van der Waals surface area contributed by atoms with Crippen molar-refractivity contribution >= 4 is 5.97 Å². The van der Waals surface area contributed by atoms with E-state index in [1.54, 1.807) is 26.0 Å². The number of nitrogens with zero attached hydrogens (tertiary/aromatic N) is 1. The van der Waals surface area contributed by atoms with Gasteiger partial charge in [0.25, 0.3) is 0 Å². The van der Waals surface area contributed by atoms with Gasteiger partial charge in [0.15, 0.2) is 0 Å². The second kappa shape index (κ2) is 6.02. The van der Waals surface area contributed by atoms with Crippen molar-refractivity contribution in [1.29, 1.82) is 0 Å². The predicted molar refractivity (Wildman–Crippen MR) is 67.3 cm³/mol. The number of carbonyl (C=O) groups is 1. The summed E-state index contributed by atoms with van der Waals surface area (Å²) in [6, 6.07) is 3.35. The van der Waals surface area contributed by atoms with Crippen LogP contribution in [-0.2, 0) is 11.3 Å². The van der Waals surface area contributed by atoms with Crippen LogP contribution in [0.1, 0.15) is 37.1 Å². The molecule has 0 radical (unpaired) electrons. The predicted octanol–water partition coefficient (Wildman–Crippen LogP) is 1.66. The zero-order valence-corrected chi connectivity index (χ0v) is 11.4. The van der Waals surface area contributed by atoms with Crippen LogP contribution in [0.2, 0.25) is 0 Å². The molecule has 1 N–H and O–H groups in total. The molecule has 1 aromatic rings. The molecular formula is C13H21NO4. The molecule has 0 saturated carbocycles. The fourth-order valence-electron chi connectivity index (χ4n) is 1.72. The Kier molecular flexibility index (Phi) is 4.93. The van der Waals surface area contributed by atoms with E-state index in [4.69, 9.17) is 4.42 Å². The Bertz CT molecular complexity index is 392. The van der Waals surface area contributed by atoms with E-state index in [1.165, 1.54) is 7.11 Å². The number of esters is 1. The Hall–Kier alpha value is -1.33. The molecule has 1 aromatic heterocycles. The van der Waals surface area contributed by atoms with E-state index < -0.39 is 11.6 Å². The maximum Gasteiger partial charge on any atom is 0.373 e. The highest BCUT2D eigenvalue weighted by atomic mass is 16.5. The number of hydrogen-bond donors (Lipinski definition) is 1. The topological polar surface area (TPSA) is 62.9 Å². The van der Waals surface area contributed by atoms with E-state index >= 15 is 0 Å². The first-order valence-corrected chi connectivity index (χ1v) is 5.97. The molecule has 5 heteroatoms. The van der Waals surface area contributed by atoms with Gasteiger partial charge in [0.05, 0.1) is 19.3 Å². The largest absolute Gasteiger partial charge is 0.463 e. The van der Waals surface area contributed by atoms with Gasteiger partial charge in [0.2, 0.25) is 5.76 Å².